The van der Waals surface area contributed by atoms with Crippen LogP contribution in [0.3, 0.4) is 0 Å². The normalized spacial score (nSPS) is 29.6. The lowest BCUT2D eigenvalue weighted by Crippen LogP contribution is -2.38. The van der Waals surface area contributed by atoms with Gasteiger partial charge in [-0.1, -0.05) is 6.07 Å². The summed E-state index contributed by atoms with van der Waals surface area (Å²) in [5, 5.41) is 0. The Morgan fingerprint density at radius 2 is 2.00 bits per heavy atom. The Morgan fingerprint density at radius 1 is 1.18 bits per heavy atom. The van der Waals surface area contributed by atoms with Crippen molar-refractivity contribution in [2.45, 2.75) is 17.4 Å². The number of sulfone groups is 1. The van der Waals surface area contributed by atoms with Gasteiger partial charge < -0.3 is 9.47 Å². The van der Waals surface area contributed by atoms with Gasteiger partial charge in [-0.15, -0.1) is 0 Å². The number of fused-ring (bicyclic) bond motifs is 2. The number of rotatable bonds is 2. The summed E-state index contributed by atoms with van der Waals surface area (Å²) in [6, 6.07) is 4.25. The second-order valence-electron chi connectivity index (χ2n) is 5.80. The van der Waals surface area contributed by atoms with Crippen molar-refractivity contribution >= 4 is 19.9 Å². The Balaban J connectivity index is 1.75. The Morgan fingerprint density at radius 3 is 2.82 bits per heavy atom. The van der Waals surface area contributed by atoms with Gasteiger partial charge in [-0.25, -0.2) is 16.8 Å². The van der Waals surface area contributed by atoms with E-state index in [0.717, 1.165) is 0 Å². The summed E-state index contributed by atoms with van der Waals surface area (Å²) in [5.41, 5.74) is 0. The van der Waals surface area contributed by atoms with Crippen LogP contribution < -0.4 is 9.47 Å². The van der Waals surface area contributed by atoms with Gasteiger partial charge in [0.05, 0.1) is 11.5 Å². The molecule has 120 valence electrons. The van der Waals surface area contributed by atoms with Gasteiger partial charge in [-0.2, -0.15) is 4.31 Å². The first kappa shape index (κ1) is 14.3. The van der Waals surface area contributed by atoms with E-state index in [0.29, 0.717) is 18.7 Å². The van der Waals surface area contributed by atoms with Gasteiger partial charge in [0.25, 0.3) is 0 Å². The van der Waals surface area contributed by atoms with Crippen LogP contribution in [0.15, 0.2) is 23.1 Å². The van der Waals surface area contributed by atoms with Crippen LogP contribution in [0.2, 0.25) is 0 Å². The predicted molar refractivity (Wildman–Crippen MR) is 77.0 cm³/mol. The molecule has 0 aliphatic carbocycles. The fourth-order valence-corrected chi connectivity index (χ4v) is 7.58. The third-order valence-corrected chi connectivity index (χ3v) is 8.21. The van der Waals surface area contributed by atoms with E-state index in [1.165, 1.54) is 10.4 Å². The molecular weight excluding hydrogens is 330 g/mol. The minimum atomic E-state index is -3.80. The first-order chi connectivity index (χ1) is 10.4. The molecule has 3 aliphatic heterocycles. The molecule has 9 heteroatoms. The standard InChI is InChI=1S/C13H15NO6S2/c15-21(16)6-9-4-5-14(10(9)7-21)22(17,18)12-3-1-2-11-13(12)20-8-19-11/h1-3,9-10H,4-8H2/t9-,10+/m1/s1. The molecule has 3 heterocycles. The molecule has 0 amide bonds. The highest BCUT2D eigenvalue weighted by Crippen LogP contribution is 2.42. The molecule has 2 fully saturated rings. The highest BCUT2D eigenvalue weighted by Gasteiger charge is 2.50. The summed E-state index contributed by atoms with van der Waals surface area (Å²) in [6.45, 7) is 0.333. The van der Waals surface area contributed by atoms with Crippen molar-refractivity contribution in [1.29, 1.82) is 0 Å². The van der Waals surface area contributed by atoms with E-state index in [-0.39, 0.29) is 34.9 Å². The molecule has 7 nitrogen and oxygen atoms in total. The van der Waals surface area contributed by atoms with E-state index < -0.39 is 25.9 Å². The van der Waals surface area contributed by atoms with Crippen molar-refractivity contribution in [1.82, 2.24) is 4.31 Å². The highest BCUT2D eigenvalue weighted by atomic mass is 32.2. The summed E-state index contributed by atoms with van der Waals surface area (Å²) in [6.07, 6.45) is 0.579. The average Bonchev–Trinajstić information content (AvgIpc) is 3.10. The predicted octanol–water partition coefficient (Wildman–Crippen LogP) is 0.223. The molecule has 0 unspecified atom stereocenters. The van der Waals surface area contributed by atoms with Crippen molar-refractivity contribution < 1.29 is 26.3 Å². The van der Waals surface area contributed by atoms with Crippen LogP contribution in [-0.2, 0) is 19.9 Å². The monoisotopic (exact) mass is 345 g/mol. The number of benzene rings is 1. The molecule has 0 bridgehead atoms. The molecule has 4 rings (SSSR count). The fraction of sp³-hybridized carbons (Fsp3) is 0.538. The lowest BCUT2D eigenvalue weighted by Gasteiger charge is -2.23. The maximum Gasteiger partial charge on any atom is 0.247 e. The van der Waals surface area contributed by atoms with Gasteiger partial charge in [-0.05, 0) is 24.5 Å². The molecule has 2 saturated heterocycles. The first-order valence-corrected chi connectivity index (χ1v) is 10.3. The maximum atomic E-state index is 12.9. The van der Waals surface area contributed by atoms with Gasteiger partial charge in [0.15, 0.2) is 21.3 Å². The molecule has 1 aromatic rings. The molecule has 0 spiro atoms. The van der Waals surface area contributed by atoms with E-state index >= 15 is 0 Å². The van der Waals surface area contributed by atoms with Gasteiger partial charge in [0, 0.05) is 12.6 Å². The van der Waals surface area contributed by atoms with Crippen molar-refractivity contribution in [2.24, 2.45) is 5.92 Å². The van der Waals surface area contributed by atoms with Crippen LogP contribution >= 0.6 is 0 Å². The van der Waals surface area contributed by atoms with E-state index in [1.807, 2.05) is 0 Å². The molecule has 0 N–H and O–H groups in total. The second-order valence-corrected chi connectivity index (χ2v) is 9.81. The van der Waals surface area contributed by atoms with Crippen molar-refractivity contribution in [2.75, 3.05) is 24.8 Å². The Bertz CT molecular complexity index is 832. The topological polar surface area (TPSA) is 90.0 Å². The zero-order valence-electron chi connectivity index (χ0n) is 11.6. The quantitative estimate of drug-likeness (QED) is 0.762. The SMILES string of the molecule is O=S1(=O)C[C@H]2CCN(S(=O)(=O)c3cccc4c3OCO4)[C@H]2C1. The Hall–Kier alpha value is -1.32. The van der Waals surface area contributed by atoms with Crippen LogP contribution in [0.5, 0.6) is 11.5 Å². The molecule has 22 heavy (non-hydrogen) atoms. The summed E-state index contributed by atoms with van der Waals surface area (Å²) in [4.78, 5) is 0.0486. The lowest BCUT2D eigenvalue weighted by molar-refractivity contribution is 0.172. The van der Waals surface area contributed by atoms with Crippen LogP contribution in [-0.4, -0.2) is 52.0 Å². The molecule has 0 saturated carbocycles. The third kappa shape index (κ3) is 2.03. The van der Waals surface area contributed by atoms with Crippen LogP contribution in [0.1, 0.15) is 6.42 Å². The molecule has 1 aromatic carbocycles. The fourth-order valence-electron chi connectivity index (χ4n) is 3.49. The maximum absolute atomic E-state index is 12.9. The Labute approximate surface area is 128 Å². The first-order valence-electron chi connectivity index (χ1n) is 6.99. The molecular formula is C13H15NO6S2. The van der Waals surface area contributed by atoms with E-state index in [9.17, 15) is 16.8 Å². The number of sulfonamides is 1. The minimum absolute atomic E-state index is 0.0116. The number of hydrogen-bond donors (Lipinski definition) is 0. The van der Waals surface area contributed by atoms with Crippen LogP contribution in [0, 0.1) is 5.92 Å². The number of para-hydroxylation sites is 1. The zero-order valence-corrected chi connectivity index (χ0v) is 13.3. The number of ether oxygens (including phenoxy) is 2. The largest absolute Gasteiger partial charge is 0.454 e. The number of nitrogens with zero attached hydrogens (tertiary/aromatic N) is 1. The molecule has 0 radical (unpaired) electrons. The summed E-state index contributed by atoms with van der Waals surface area (Å²) in [7, 11) is -6.96. The van der Waals surface area contributed by atoms with Gasteiger partial charge in [-0.3, -0.25) is 0 Å². The molecule has 2 atom stereocenters. The van der Waals surface area contributed by atoms with Gasteiger partial charge >= 0.3 is 0 Å². The van der Waals surface area contributed by atoms with Gasteiger partial charge in [0.2, 0.25) is 16.8 Å². The summed E-state index contributed by atoms with van der Waals surface area (Å²) in [5.74, 6) is 0.496. The molecule has 3 aliphatic rings. The zero-order chi connectivity index (χ0) is 15.5. The molecule has 0 aromatic heterocycles. The highest BCUT2D eigenvalue weighted by molar-refractivity contribution is 7.92. The second kappa shape index (κ2) is 4.59. The lowest BCUT2D eigenvalue weighted by atomic mass is 10.1. The van der Waals surface area contributed by atoms with Crippen molar-refractivity contribution in [3.63, 3.8) is 0 Å². The van der Waals surface area contributed by atoms with Crippen molar-refractivity contribution in [3.05, 3.63) is 18.2 Å². The minimum Gasteiger partial charge on any atom is -0.454 e. The Kier molecular flexibility index (Phi) is 2.98. The summed E-state index contributed by atoms with van der Waals surface area (Å²) < 4.78 is 61.3. The average molecular weight is 345 g/mol. The van der Waals surface area contributed by atoms with E-state index in [4.69, 9.17) is 9.47 Å². The van der Waals surface area contributed by atoms with E-state index in [1.54, 1.807) is 12.1 Å². The van der Waals surface area contributed by atoms with Gasteiger partial charge in [0.1, 0.15) is 4.90 Å². The smallest absolute Gasteiger partial charge is 0.247 e. The van der Waals surface area contributed by atoms with Crippen LogP contribution in [0.4, 0.5) is 0 Å². The van der Waals surface area contributed by atoms with Crippen LogP contribution in [0.25, 0.3) is 0 Å². The number of hydrogen-bond acceptors (Lipinski definition) is 6. The van der Waals surface area contributed by atoms with E-state index in [2.05, 4.69) is 0 Å². The third-order valence-electron chi connectivity index (χ3n) is 4.47. The van der Waals surface area contributed by atoms with Crippen molar-refractivity contribution in [3.8, 4) is 11.5 Å². The summed E-state index contributed by atoms with van der Waals surface area (Å²) >= 11 is 0.